The summed E-state index contributed by atoms with van der Waals surface area (Å²) >= 11 is 1.43. The third kappa shape index (κ3) is 3.92. The molecule has 0 bridgehead atoms. The van der Waals surface area contributed by atoms with Crippen molar-refractivity contribution in [2.24, 2.45) is 5.73 Å². The van der Waals surface area contributed by atoms with Crippen molar-refractivity contribution in [3.05, 3.63) is 30.1 Å². The molecule has 0 atom stereocenters. The number of ether oxygens (including phenoxy) is 1. The maximum atomic E-state index is 5.66. The summed E-state index contributed by atoms with van der Waals surface area (Å²) in [6.07, 6.45) is 0.897. The van der Waals surface area contributed by atoms with Crippen molar-refractivity contribution in [2.75, 3.05) is 25.1 Å². The lowest BCUT2D eigenvalue weighted by Crippen LogP contribution is -2.21. The molecule has 0 spiro atoms. The van der Waals surface area contributed by atoms with E-state index in [0.29, 0.717) is 12.5 Å². The predicted octanol–water partition coefficient (Wildman–Crippen LogP) is 3.16. The smallest absolute Gasteiger partial charge is 0.209 e. The second-order valence-electron chi connectivity index (χ2n) is 5.09. The zero-order valence-corrected chi connectivity index (χ0v) is 13.6. The van der Waals surface area contributed by atoms with Crippen LogP contribution in [0.2, 0.25) is 0 Å². The van der Waals surface area contributed by atoms with Crippen LogP contribution in [0.25, 0.3) is 0 Å². The zero-order valence-electron chi connectivity index (χ0n) is 12.7. The van der Waals surface area contributed by atoms with E-state index >= 15 is 0 Å². The van der Waals surface area contributed by atoms with Crippen LogP contribution in [-0.2, 0) is 0 Å². The van der Waals surface area contributed by atoms with Gasteiger partial charge in [-0.25, -0.2) is 4.98 Å². The molecule has 21 heavy (non-hydrogen) atoms. The van der Waals surface area contributed by atoms with Gasteiger partial charge < -0.3 is 15.4 Å². The average Bonchev–Trinajstić information content (AvgIpc) is 2.98. The third-order valence-corrected chi connectivity index (χ3v) is 3.88. The Morgan fingerprint density at radius 1 is 1.38 bits per heavy atom. The van der Waals surface area contributed by atoms with Crippen LogP contribution < -0.4 is 15.4 Å². The molecule has 114 valence electrons. The highest BCUT2D eigenvalue weighted by Crippen LogP contribution is 2.30. The van der Waals surface area contributed by atoms with E-state index in [1.807, 2.05) is 18.2 Å². The highest BCUT2D eigenvalue weighted by molar-refractivity contribution is 7.09. The molecule has 1 aromatic carbocycles. The van der Waals surface area contributed by atoms with Gasteiger partial charge in [0, 0.05) is 35.7 Å². The van der Waals surface area contributed by atoms with Crippen LogP contribution in [0.1, 0.15) is 32.0 Å². The van der Waals surface area contributed by atoms with Gasteiger partial charge in [-0.05, 0) is 25.1 Å². The first kappa shape index (κ1) is 15.7. The van der Waals surface area contributed by atoms with E-state index in [4.69, 9.17) is 10.5 Å². The standard InChI is InChI=1S/C15H22N4OS/c1-11(2)14-17-15(21-18-14)19(9-5-8-16)12-6-4-7-13(10-12)20-3/h4,6-7,10-11H,5,8-9,16H2,1-3H3. The van der Waals surface area contributed by atoms with Gasteiger partial charge >= 0.3 is 0 Å². The molecule has 0 saturated carbocycles. The SMILES string of the molecule is COc1cccc(N(CCCN)c2nc(C(C)C)ns2)c1. The molecule has 5 nitrogen and oxygen atoms in total. The van der Waals surface area contributed by atoms with E-state index in [1.165, 1.54) is 11.5 Å². The highest BCUT2D eigenvalue weighted by Gasteiger charge is 2.16. The van der Waals surface area contributed by atoms with Gasteiger partial charge in [-0.1, -0.05) is 19.9 Å². The topological polar surface area (TPSA) is 64.3 Å². The molecular weight excluding hydrogens is 284 g/mol. The van der Waals surface area contributed by atoms with Gasteiger partial charge in [-0.15, -0.1) is 0 Å². The third-order valence-electron chi connectivity index (χ3n) is 3.13. The van der Waals surface area contributed by atoms with Crippen molar-refractivity contribution in [3.63, 3.8) is 0 Å². The Morgan fingerprint density at radius 3 is 2.81 bits per heavy atom. The Bertz CT molecular complexity index is 570. The number of methoxy groups -OCH3 is 1. The van der Waals surface area contributed by atoms with E-state index in [2.05, 4.69) is 34.2 Å². The zero-order chi connectivity index (χ0) is 15.2. The Labute approximate surface area is 129 Å². The van der Waals surface area contributed by atoms with Crippen LogP contribution in [0, 0.1) is 0 Å². The summed E-state index contributed by atoms with van der Waals surface area (Å²) < 4.78 is 9.74. The molecule has 2 rings (SSSR count). The average molecular weight is 306 g/mol. The lowest BCUT2D eigenvalue weighted by Gasteiger charge is -2.21. The maximum absolute atomic E-state index is 5.66. The van der Waals surface area contributed by atoms with Gasteiger partial charge in [0.25, 0.3) is 0 Å². The predicted molar refractivity (Wildman–Crippen MR) is 87.7 cm³/mol. The molecule has 6 heteroatoms. The summed E-state index contributed by atoms with van der Waals surface area (Å²) in [5.74, 6) is 2.05. The summed E-state index contributed by atoms with van der Waals surface area (Å²) in [4.78, 5) is 6.80. The van der Waals surface area contributed by atoms with E-state index in [9.17, 15) is 0 Å². The molecule has 0 saturated heterocycles. The Kier molecular flexibility index (Phi) is 5.52. The van der Waals surface area contributed by atoms with Gasteiger partial charge in [-0.2, -0.15) is 4.37 Å². The molecule has 0 radical (unpaired) electrons. The molecule has 0 fully saturated rings. The first-order valence-electron chi connectivity index (χ1n) is 7.11. The normalized spacial score (nSPS) is 10.9. The number of nitrogens with two attached hydrogens (primary N) is 1. The summed E-state index contributed by atoms with van der Waals surface area (Å²) in [6.45, 7) is 5.66. The maximum Gasteiger partial charge on any atom is 0.209 e. The van der Waals surface area contributed by atoms with Crippen molar-refractivity contribution >= 4 is 22.4 Å². The number of benzene rings is 1. The molecule has 0 aliphatic heterocycles. The molecule has 1 heterocycles. The van der Waals surface area contributed by atoms with Crippen LogP contribution in [0.15, 0.2) is 24.3 Å². The van der Waals surface area contributed by atoms with Crippen LogP contribution in [0.5, 0.6) is 5.75 Å². The minimum Gasteiger partial charge on any atom is -0.497 e. The Hall–Kier alpha value is -1.66. The number of rotatable bonds is 7. The van der Waals surface area contributed by atoms with Crippen molar-refractivity contribution in [2.45, 2.75) is 26.2 Å². The Morgan fingerprint density at radius 2 is 2.19 bits per heavy atom. The molecule has 0 aliphatic carbocycles. The minimum atomic E-state index is 0.330. The van der Waals surface area contributed by atoms with Crippen LogP contribution in [0.4, 0.5) is 10.8 Å². The molecular formula is C15H22N4OS. The number of hydrogen-bond acceptors (Lipinski definition) is 6. The van der Waals surface area contributed by atoms with Crippen molar-refractivity contribution in [3.8, 4) is 5.75 Å². The fraction of sp³-hybridized carbons (Fsp3) is 0.467. The fourth-order valence-corrected chi connectivity index (χ4v) is 2.79. The van der Waals surface area contributed by atoms with Gasteiger partial charge in [0.15, 0.2) is 0 Å². The van der Waals surface area contributed by atoms with Gasteiger partial charge in [0.05, 0.1) is 7.11 Å². The molecule has 0 aliphatic rings. The largest absolute Gasteiger partial charge is 0.497 e. The van der Waals surface area contributed by atoms with Crippen molar-refractivity contribution in [1.29, 1.82) is 0 Å². The highest BCUT2D eigenvalue weighted by atomic mass is 32.1. The molecule has 2 N–H and O–H groups in total. The monoisotopic (exact) mass is 306 g/mol. The fourth-order valence-electron chi connectivity index (χ4n) is 1.93. The summed E-state index contributed by atoms with van der Waals surface area (Å²) in [6, 6.07) is 7.97. The van der Waals surface area contributed by atoms with E-state index in [-0.39, 0.29) is 0 Å². The molecule has 0 unspecified atom stereocenters. The first-order chi connectivity index (χ1) is 10.2. The molecule has 2 aromatic rings. The number of hydrogen-bond donors (Lipinski definition) is 1. The second-order valence-corrected chi connectivity index (χ2v) is 5.82. The molecule has 0 amide bonds. The van der Waals surface area contributed by atoms with E-state index < -0.39 is 0 Å². The lowest BCUT2D eigenvalue weighted by atomic mass is 10.2. The van der Waals surface area contributed by atoms with E-state index in [0.717, 1.165) is 35.4 Å². The van der Waals surface area contributed by atoms with Gasteiger partial charge in [0.2, 0.25) is 5.13 Å². The van der Waals surface area contributed by atoms with Crippen LogP contribution in [0.3, 0.4) is 0 Å². The number of anilines is 2. The summed E-state index contributed by atoms with van der Waals surface area (Å²) in [5, 5.41) is 0.903. The van der Waals surface area contributed by atoms with Crippen LogP contribution in [-0.4, -0.2) is 29.6 Å². The van der Waals surface area contributed by atoms with Gasteiger partial charge in [0.1, 0.15) is 11.6 Å². The number of aromatic nitrogens is 2. The Balaban J connectivity index is 2.31. The first-order valence-corrected chi connectivity index (χ1v) is 7.88. The minimum absolute atomic E-state index is 0.330. The van der Waals surface area contributed by atoms with Crippen LogP contribution >= 0.6 is 11.5 Å². The van der Waals surface area contributed by atoms with E-state index in [1.54, 1.807) is 7.11 Å². The second kappa shape index (κ2) is 7.38. The van der Waals surface area contributed by atoms with Crippen molar-refractivity contribution < 1.29 is 4.74 Å². The van der Waals surface area contributed by atoms with Crippen molar-refractivity contribution in [1.82, 2.24) is 9.36 Å². The number of nitrogens with zero attached hydrogens (tertiary/aromatic N) is 3. The lowest BCUT2D eigenvalue weighted by molar-refractivity contribution is 0.415. The summed E-state index contributed by atoms with van der Waals surface area (Å²) in [5.41, 5.74) is 6.71. The quantitative estimate of drug-likeness (QED) is 0.851. The summed E-state index contributed by atoms with van der Waals surface area (Å²) in [7, 11) is 1.67. The van der Waals surface area contributed by atoms with Gasteiger partial charge in [-0.3, -0.25) is 0 Å². The molecule has 1 aromatic heterocycles.